The number of sulfone groups is 1. The standard InChI is InChI=1S/C16H18ClN5O3S/c17-12-3-1-2-11(8-12)16-18-20-21(19-16)9-15(23)22(13-4-5-13)14-6-7-26(24,25)10-14/h1-3,8,13-14H,4-7,9-10H2/t14-/m0/s1. The monoisotopic (exact) mass is 395 g/mol. The molecule has 26 heavy (non-hydrogen) atoms. The Labute approximate surface area is 156 Å². The van der Waals surface area contributed by atoms with Crippen molar-refractivity contribution in [3.8, 4) is 11.4 Å². The Morgan fingerprint density at radius 1 is 1.27 bits per heavy atom. The van der Waals surface area contributed by atoms with Gasteiger partial charge in [0.2, 0.25) is 11.7 Å². The molecular formula is C16H18ClN5O3S. The molecule has 1 saturated carbocycles. The van der Waals surface area contributed by atoms with Gasteiger partial charge in [0.15, 0.2) is 9.84 Å². The molecule has 138 valence electrons. The second-order valence-electron chi connectivity index (χ2n) is 6.74. The van der Waals surface area contributed by atoms with Crippen LogP contribution in [0.5, 0.6) is 0 Å². The maximum absolute atomic E-state index is 12.8. The van der Waals surface area contributed by atoms with Crippen LogP contribution in [0.1, 0.15) is 19.3 Å². The minimum atomic E-state index is -3.05. The molecule has 1 aliphatic heterocycles. The normalized spacial score (nSPS) is 21.7. The Kier molecular flexibility index (Phi) is 4.44. The highest BCUT2D eigenvalue weighted by molar-refractivity contribution is 7.91. The number of halogens is 1. The Morgan fingerprint density at radius 3 is 2.73 bits per heavy atom. The highest BCUT2D eigenvalue weighted by Gasteiger charge is 2.42. The summed E-state index contributed by atoms with van der Waals surface area (Å²) in [5, 5.41) is 12.7. The second kappa shape index (κ2) is 6.62. The summed E-state index contributed by atoms with van der Waals surface area (Å²) in [6, 6.07) is 6.98. The molecule has 0 radical (unpaired) electrons. The highest BCUT2D eigenvalue weighted by atomic mass is 35.5. The van der Waals surface area contributed by atoms with Crippen LogP contribution >= 0.6 is 11.6 Å². The number of amides is 1. The van der Waals surface area contributed by atoms with Gasteiger partial charge in [0.25, 0.3) is 0 Å². The molecule has 1 amide bonds. The van der Waals surface area contributed by atoms with Gasteiger partial charge in [0.1, 0.15) is 6.54 Å². The summed E-state index contributed by atoms with van der Waals surface area (Å²) in [6.07, 6.45) is 2.34. The van der Waals surface area contributed by atoms with Crippen molar-refractivity contribution < 1.29 is 13.2 Å². The predicted molar refractivity (Wildman–Crippen MR) is 95.2 cm³/mol. The third-order valence-corrected chi connectivity index (χ3v) is 6.63. The molecule has 1 aromatic carbocycles. The van der Waals surface area contributed by atoms with E-state index >= 15 is 0 Å². The average molecular weight is 396 g/mol. The van der Waals surface area contributed by atoms with Gasteiger partial charge in [0.05, 0.1) is 11.5 Å². The van der Waals surface area contributed by atoms with Crippen LogP contribution in [-0.2, 0) is 21.2 Å². The quantitative estimate of drug-likeness (QED) is 0.753. The van der Waals surface area contributed by atoms with Crippen molar-refractivity contribution in [3.05, 3.63) is 29.3 Å². The summed E-state index contributed by atoms with van der Waals surface area (Å²) in [5.41, 5.74) is 0.720. The molecule has 2 aromatic rings. The molecule has 10 heteroatoms. The lowest BCUT2D eigenvalue weighted by molar-refractivity contribution is -0.134. The molecule has 0 spiro atoms. The molecule has 1 saturated heterocycles. The van der Waals surface area contributed by atoms with Gasteiger partial charge in [-0.25, -0.2) is 8.42 Å². The van der Waals surface area contributed by atoms with Crippen LogP contribution in [0.2, 0.25) is 5.02 Å². The van der Waals surface area contributed by atoms with Crippen molar-refractivity contribution in [1.29, 1.82) is 0 Å². The van der Waals surface area contributed by atoms with Crippen LogP contribution in [0, 0.1) is 0 Å². The van der Waals surface area contributed by atoms with E-state index in [4.69, 9.17) is 11.6 Å². The number of hydrogen-bond acceptors (Lipinski definition) is 6. The van der Waals surface area contributed by atoms with Crippen LogP contribution in [0.25, 0.3) is 11.4 Å². The number of tetrazole rings is 1. The van der Waals surface area contributed by atoms with Crippen molar-refractivity contribution in [2.75, 3.05) is 11.5 Å². The fourth-order valence-electron chi connectivity index (χ4n) is 3.31. The lowest BCUT2D eigenvalue weighted by atomic mass is 10.2. The minimum Gasteiger partial charge on any atom is -0.334 e. The number of aromatic nitrogens is 4. The zero-order valence-electron chi connectivity index (χ0n) is 14.0. The fourth-order valence-corrected chi connectivity index (χ4v) is 5.21. The summed E-state index contributed by atoms with van der Waals surface area (Å²) >= 11 is 5.97. The van der Waals surface area contributed by atoms with Gasteiger partial charge >= 0.3 is 0 Å². The van der Waals surface area contributed by atoms with E-state index in [0.29, 0.717) is 17.3 Å². The number of carbonyl (C=O) groups is 1. The van der Waals surface area contributed by atoms with Crippen LogP contribution in [0.4, 0.5) is 0 Å². The van der Waals surface area contributed by atoms with Crippen LogP contribution in [0.3, 0.4) is 0 Å². The van der Waals surface area contributed by atoms with Crippen molar-refractivity contribution >= 4 is 27.3 Å². The van der Waals surface area contributed by atoms with E-state index in [1.165, 1.54) is 4.80 Å². The molecule has 0 bridgehead atoms. The summed E-state index contributed by atoms with van der Waals surface area (Å²) in [7, 11) is -3.05. The minimum absolute atomic E-state index is 0.0494. The van der Waals surface area contributed by atoms with Gasteiger partial charge < -0.3 is 4.90 Å². The van der Waals surface area contributed by atoms with E-state index in [1.807, 2.05) is 6.07 Å². The topological polar surface area (TPSA) is 98.1 Å². The second-order valence-corrected chi connectivity index (χ2v) is 9.41. The largest absolute Gasteiger partial charge is 0.334 e. The van der Waals surface area contributed by atoms with E-state index in [2.05, 4.69) is 15.4 Å². The smallest absolute Gasteiger partial charge is 0.246 e. The third kappa shape index (κ3) is 3.73. The number of rotatable bonds is 5. The average Bonchev–Trinajstić information content (AvgIpc) is 3.18. The van der Waals surface area contributed by atoms with Crippen LogP contribution < -0.4 is 0 Å². The lowest BCUT2D eigenvalue weighted by Crippen LogP contribution is -2.44. The van der Waals surface area contributed by atoms with Gasteiger partial charge in [-0.3, -0.25) is 4.79 Å². The zero-order valence-corrected chi connectivity index (χ0v) is 15.5. The molecule has 2 aliphatic rings. The number of carbonyl (C=O) groups excluding carboxylic acids is 1. The Hall–Kier alpha value is -2.00. The van der Waals surface area contributed by atoms with Gasteiger partial charge in [0, 0.05) is 22.7 Å². The summed E-state index contributed by atoms with van der Waals surface area (Å²) in [5.74, 6) is 0.425. The molecule has 1 aliphatic carbocycles. The Morgan fingerprint density at radius 2 is 2.08 bits per heavy atom. The van der Waals surface area contributed by atoms with Gasteiger partial charge in [-0.05, 0) is 36.6 Å². The van der Waals surface area contributed by atoms with E-state index < -0.39 is 9.84 Å². The maximum atomic E-state index is 12.8. The number of nitrogens with zero attached hydrogens (tertiary/aromatic N) is 5. The number of hydrogen-bond donors (Lipinski definition) is 0. The van der Waals surface area contributed by atoms with Crippen LogP contribution in [0.15, 0.2) is 24.3 Å². The van der Waals surface area contributed by atoms with Crippen molar-refractivity contribution in [1.82, 2.24) is 25.1 Å². The first kappa shape index (κ1) is 17.4. The molecule has 1 atom stereocenters. The lowest BCUT2D eigenvalue weighted by Gasteiger charge is -2.28. The summed E-state index contributed by atoms with van der Waals surface area (Å²) in [6.45, 7) is -0.0549. The van der Waals surface area contributed by atoms with Crippen molar-refractivity contribution in [2.45, 2.75) is 37.9 Å². The van der Waals surface area contributed by atoms with E-state index in [-0.39, 0.29) is 36.0 Å². The molecule has 2 heterocycles. The predicted octanol–water partition coefficient (Wildman–Crippen LogP) is 1.17. The first-order valence-electron chi connectivity index (χ1n) is 8.47. The third-order valence-electron chi connectivity index (χ3n) is 4.64. The molecule has 8 nitrogen and oxygen atoms in total. The van der Waals surface area contributed by atoms with Crippen LogP contribution in [-0.4, -0.2) is 63.0 Å². The Balaban J connectivity index is 1.49. The Bertz CT molecular complexity index is 941. The van der Waals surface area contributed by atoms with Crippen molar-refractivity contribution in [3.63, 3.8) is 0 Å². The molecule has 0 N–H and O–H groups in total. The first-order chi connectivity index (χ1) is 12.4. The SMILES string of the molecule is O=C(Cn1nnc(-c2cccc(Cl)c2)n1)N(C1CC1)[C@H]1CCS(=O)(=O)C1. The highest BCUT2D eigenvalue weighted by Crippen LogP contribution is 2.32. The number of benzene rings is 1. The van der Waals surface area contributed by atoms with Crippen molar-refractivity contribution in [2.24, 2.45) is 0 Å². The zero-order chi connectivity index (χ0) is 18.3. The first-order valence-corrected chi connectivity index (χ1v) is 10.7. The summed E-state index contributed by atoms with van der Waals surface area (Å²) in [4.78, 5) is 15.7. The molecule has 0 unspecified atom stereocenters. The summed E-state index contributed by atoms with van der Waals surface area (Å²) < 4.78 is 23.5. The molecule has 4 rings (SSSR count). The van der Waals surface area contributed by atoms with Gasteiger partial charge in [-0.2, -0.15) is 4.80 Å². The van der Waals surface area contributed by atoms with E-state index in [9.17, 15) is 13.2 Å². The maximum Gasteiger partial charge on any atom is 0.246 e. The molecule has 2 fully saturated rings. The fraction of sp³-hybridized carbons (Fsp3) is 0.500. The van der Waals surface area contributed by atoms with Gasteiger partial charge in [-0.15, -0.1) is 10.2 Å². The molecule has 1 aromatic heterocycles. The molecular weight excluding hydrogens is 378 g/mol. The van der Waals surface area contributed by atoms with Gasteiger partial charge in [-0.1, -0.05) is 23.7 Å². The van der Waals surface area contributed by atoms with E-state index in [0.717, 1.165) is 18.4 Å². The van der Waals surface area contributed by atoms with E-state index in [1.54, 1.807) is 23.1 Å².